The van der Waals surface area contributed by atoms with Crippen LogP contribution in [0.25, 0.3) is 5.69 Å². The van der Waals surface area contributed by atoms with Gasteiger partial charge in [-0.2, -0.15) is 4.68 Å². The van der Waals surface area contributed by atoms with E-state index in [0.29, 0.717) is 17.1 Å². The minimum absolute atomic E-state index is 0.0407. The van der Waals surface area contributed by atoms with Gasteiger partial charge in [0.2, 0.25) is 5.69 Å². The highest BCUT2D eigenvalue weighted by Crippen LogP contribution is 2.22. The van der Waals surface area contributed by atoms with Crippen LogP contribution in [0.5, 0.6) is 5.88 Å². The molecule has 2 aromatic carbocycles. The lowest BCUT2D eigenvalue weighted by Crippen LogP contribution is -2.39. The molecule has 8 heteroatoms. The summed E-state index contributed by atoms with van der Waals surface area (Å²) < 4.78 is 6.75. The van der Waals surface area contributed by atoms with Crippen molar-refractivity contribution in [2.75, 3.05) is 13.7 Å². The number of rotatable bonds is 7. The average molecular weight is 387 g/mol. The Hall–Kier alpha value is -2.90. The summed E-state index contributed by atoms with van der Waals surface area (Å²) in [4.78, 5) is 12.6. The summed E-state index contributed by atoms with van der Waals surface area (Å²) in [5.41, 5.74) is 1.71. The first-order chi connectivity index (χ1) is 13.1. The summed E-state index contributed by atoms with van der Waals surface area (Å²) in [5, 5.41) is 20.9. The Morgan fingerprint density at radius 2 is 1.93 bits per heavy atom. The number of benzene rings is 2. The largest absolute Gasteiger partial charge is 0.479 e. The molecule has 140 valence electrons. The van der Waals surface area contributed by atoms with Crippen LogP contribution in [-0.2, 0) is 6.42 Å². The Balaban J connectivity index is 1.79. The van der Waals surface area contributed by atoms with E-state index in [1.165, 1.54) is 11.8 Å². The highest BCUT2D eigenvalue weighted by Gasteiger charge is 2.23. The Morgan fingerprint density at radius 1 is 1.22 bits per heavy atom. The number of halogens is 1. The van der Waals surface area contributed by atoms with Gasteiger partial charge in [-0.3, -0.25) is 4.79 Å². The molecule has 1 atom stereocenters. The van der Waals surface area contributed by atoms with Gasteiger partial charge in [0.05, 0.1) is 25.4 Å². The number of hydrogen-bond donors (Lipinski definition) is 2. The fourth-order valence-corrected chi connectivity index (χ4v) is 2.79. The summed E-state index contributed by atoms with van der Waals surface area (Å²) in [6, 6.07) is 16.1. The number of nitrogens with one attached hydrogen (secondary N) is 1. The Bertz CT molecular complexity index is 897. The van der Waals surface area contributed by atoms with Crippen molar-refractivity contribution in [3.63, 3.8) is 0 Å². The molecule has 1 amide bonds. The minimum Gasteiger partial charge on any atom is -0.479 e. The number of nitrogens with zero attached hydrogens (tertiary/aromatic N) is 3. The second-order valence-electron chi connectivity index (χ2n) is 5.88. The average Bonchev–Trinajstić information content (AvgIpc) is 3.13. The summed E-state index contributed by atoms with van der Waals surface area (Å²) in [6.07, 6.45) is 0.497. The van der Waals surface area contributed by atoms with E-state index in [4.69, 9.17) is 16.3 Å². The van der Waals surface area contributed by atoms with E-state index < -0.39 is 11.9 Å². The lowest BCUT2D eigenvalue weighted by molar-refractivity contribution is 0.0908. The smallest absolute Gasteiger partial charge is 0.277 e. The molecule has 0 radical (unpaired) electrons. The number of amides is 1. The van der Waals surface area contributed by atoms with Crippen LogP contribution >= 0.6 is 11.6 Å². The van der Waals surface area contributed by atoms with E-state index in [9.17, 15) is 9.90 Å². The number of carbonyl (C=O) groups is 1. The number of methoxy groups -OCH3 is 1. The molecule has 1 aromatic heterocycles. The summed E-state index contributed by atoms with van der Waals surface area (Å²) in [7, 11) is 1.44. The van der Waals surface area contributed by atoms with E-state index in [1.807, 2.05) is 30.3 Å². The van der Waals surface area contributed by atoms with Crippen LogP contribution < -0.4 is 10.1 Å². The highest BCUT2D eigenvalue weighted by atomic mass is 35.5. The van der Waals surface area contributed by atoms with Crippen LogP contribution in [0.1, 0.15) is 16.1 Å². The van der Waals surface area contributed by atoms with Crippen molar-refractivity contribution < 1.29 is 14.6 Å². The van der Waals surface area contributed by atoms with Crippen LogP contribution in [0.4, 0.5) is 0 Å². The van der Waals surface area contributed by atoms with Crippen molar-refractivity contribution in [2.45, 2.75) is 12.5 Å². The zero-order valence-corrected chi connectivity index (χ0v) is 15.4. The molecule has 0 fully saturated rings. The maximum absolute atomic E-state index is 12.6. The molecule has 0 saturated carbocycles. The van der Waals surface area contributed by atoms with E-state index >= 15 is 0 Å². The fourth-order valence-electron chi connectivity index (χ4n) is 2.66. The van der Waals surface area contributed by atoms with Gasteiger partial charge in [-0.25, -0.2) is 0 Å². The maximum atomic E-state index is 12.6. The summed E-state index contributed by atoms with van der Waals surface area (Å²) in [5.74, 6) is -0.270. The molecule has 3 rings (SSSR count). The van der Waals surface area contributed by atoms with Crippen molar-refractivity contribution in [3.05, 3.63) is 70.9 Å². The van der Waals surface area contributed by atoms with Crippen molar-refractivity contribution in [1.82, 2.24) is 20.3 Å². The number of aliphatic hydroxyl groups excluding tert-OH is 1. The lowest BCUT2D eigenvalue weighted by atomic mass is 10.1. The predicted octanol–water partition coefficient (Wildman–Crippen LogP) is 2.26. The standard InChI is InChI=1S/C19H19ClN4O3/c1-27-19-17(22-23-24(19)16-9-7-14(20)8-10-16)18(26)21-15(12-25)11-13-5-3-2-4-6-13/h2-10,15,25H,11-12H2,1H3,(H,21,26)/t15-/m0/s1. The highest BCUT2D eigenvalue weighted by molar-refractivity contribution is 6.30. The van der Waals surface area contributed by atoms with Crippen LogP contribution in [0.2, 0.25) is 5.02 Å². The molecule has 0 aliphatic rings. The third-order valence-corrected chi connectivity index (χ3v) is 4.24. The first kappa shape index (κ1) is 18.9. The molecular formula is C19H19ClN4O3. The van der Waals surface area contributed by atoms with Crippen molar-refractivity contribution in [2.24, 2.45) is 0 Å². The van der Waals surface area contributed by atoms with Gasteiger partial charge < -0.3 is 15.2 Å². The molecule has 1 heterocycles. The van der Waals surface area contributed by atoms with Crippen LogP contribution in [-0.4, -0.2) is 45.8 Å². The first-order valence-corrected chi connectivity index (χ1v) is 8.71. The predicted molar refractivity (Wildman–Crippen MR) is 101 cm³/mol. The minimum atomic E-state index is -0.470. The SMILES string of the molecule is COc1c(C(=O)N[C@H](CO)Cc2ccccc2)nnn1-c1ccc(Cl)cc1. The van der Waals surface area contributed by atoms with Crippen LogP contribution in [0.15, 0.2) is 54.6 Å². The zero-order chi connectivity index (χ0) is 19.2. The van der Waals surface area contributed by atoms with Gasteiger partial charge >= 0.3 is 0 Å². The Labute approximate surface area is 161 Å². The number of carbonyl (C=O) groups excluding carboxylic acids is 1. The maximum Gasteiger partial charge on any atom is 0.277 e. The van der Waals surface area contributed by atoms with E-state index in [0.717, 1.165) is 5.56 Å². The molecule has 27 heavy (non-hydrogen) atoms. The third kappa shape index (κ3) is 4.45. The van der Waals surface area contributed by atoms with Crippen molar-refractivity contribution in [1.29, 1.82) is 0 Å². The number of ether oxygens (including phenoxy) is 1. The second-order valence-corrected chi connectivity index (χ2v) is 6.31. The van der Waals surface area contributed by atoms with Gasteiger partial charge in [0.25, 0.3) is 11.8 Å². The number of hydrogen-bond acceptors (Lipinski definition) is 5. The molecule has 0 aliphatic carbocycles. The zero-order valence-electron chi connectivity index (χ0n) is 14.7. The molecular weight excluding hydrogens is 368 g/mol. The van der Waals surface area contributed by atoms with Gasteiger partial charge in [0.15, 0.2) is 0 Å². The number of aromatic nitrogens is 3. The topological polar surface area (TPSA) is 89.3 Å². The molecule has 0 saturated heterocycles. The Morgan fingerprint density at radius 3 is 2.56 bits per heavy atom. The summed E-state index contributed by atoms with van der Waals surface area (Å²) >= 11 is 5.90. The van der Waals surface area contributed by atoms with Crippen molar-refractivity contribution in [3.8, 4) is 11.6 Å². The third-order valence-electron chi connectivity index (χ3n) is 3.99. The van der Waals surface area contributed by atoms with Gasteiger partial charge in [0.1, 0.15) is 0 Å². The second kappa shape index (κ2) is 8.66. The normalized spacial score (nSPS) is 11.8. The molecule has 7 nitrogen and oxygen atoms in total. The fraction of sp³-hybridized carbons (Fsp3) is 0.211. The van der Waals surface area contributed by atoms with Crippen LogP contribution in [0.3, 0.4) is 0 Å². The molecule has 2 N–H and O–H groups in total. The van der Waals surface area contributed by atoms with Gasteiger partial charge in [-0.05, 0) is 36.2 Å². The lowest BCUT2D eigenvalue weighted by Gasteiger charge is -2.16. The van der Waals surface area contributed by atoms with E-state index in [-0.39, 0.29) is 18.2 Å². The first-order valence-electron chi connectivity index (χ1n) is 8.33. The molecule has 0 bridgehead atoms. The summed E-state index contributed by atoms with van der Waals surface area (Å²) in [6.45, 7) is -0.200. The molecule has 3 aromatic rings. The number of aliphatic hydroxyl groups is 1. The van der Waals surface area contributed by atoms with Gasteiger partial charge in [-0.1, -0.05) is 47.1 Å². The molecule has 0 aliphatic heterocycles. The van der Waals surface area contributed by atoms with E-state index in [2.05, 4.69) is 15.6 Å². The van der Waals surface area contributed by atoms with E-state index in [1.54, 1.807) is 24.3 Å². The Kier molecular flexibility index (Phi) is 6.05. The van der Waals surface area contributed by atoms with Crippen LogP contribution in [0, 0.1) is 0 Å². The quantitative estimate of drug-likeness (QED) is 0.650. The van der Waals surface area contributed by atoms with Gasteiger partial charge in [0, 0.05) is 5.02 Å². The molecule has 0 unspecified atom stereocenters. The van der Waals surface area contributed by atoms with Crippen molar-refractivity contribution >= 4 is 17.5 Å². The monoisotopic (exact) mass is 386 g/mol. The van der Waals surface area contributed by atoms with Gasteiger partial charge in [-0.15, -0.1) is 5.10 Å². The molecule has 0 spiro atoms.